The molecule has 2 saturated carbocycles. The van der Waals surface area contributed by atoms with Gasteiger partial charge in [0.1, 0.15) is 5.75 Å². The van der Waals surface area contributed by atoms with Gasteiger partial charge in [-0.2, -0.15) is 0 Å². The standard InChI is InChI=1S/C19H28N2O2/c1-23-17-8-5-13(6-9-17)7-10-18(22)21-19-14-3-2-4-15(19)12-16(20)11-14/h5-6,8-9,14-16,19H,2-4,7,10-12,20H2,1H3,(H,21,22). The van der Waals surface area contributed by atoms with Gasteiger partial charge in [0.05, 0.1) is 7.11 Å². The lowest BCUT2D eigenvalue weighted by atomic mass is 9.67. The van der Waals surface area contributed by atoms with Crippen molar-refractivity contribution in [2.24, 2.45) is 17.6 Å². The average molecular weight is 316 g/mol. The SMILES string of the molecule is COc1ccc(CCC(=O)NC2C3CCCC2CC(N)C3)cc1. The van der Waals surface area contributed by atoms with Gasteiger partial charge in [0.15, 0.2) is 0 Å². The zero-order valence-electron chi connectivity index (χ0n) is 14.0. The van der Waals surface area contributed by atoms with Crippen LogP contribution in [0.5, 0.6) is 5.75 Å². The van der Waals surface area contributed by atoms with Gasteiger partial charge in [0.2, 0.25) is 5.91 Å². The van der Waals surface area contributed by atoms with Crippen molar-refractivity contribution in [3.8, 4) is 5.75 Å². The van der Waals surface area contributed by atoms with Crippen LogP contribution in [-0.4, -0.2) is 25.1 Å². The van der Waals surface area contributed by atoms with E-state index in [1.54, 1.807) is 7.11 Å². The Morgan fingerprint density at radius 1 is 1.22 bits per heavy atom. The second-order valence-corrected chi connectivity index (χ2v) is 7.12. The van der Waals surface area contributed by atoms with Gasteiger partial charge in [-0.05, 0) is 61.6 Å². The highest BCUT2D eigenvalue weighted by atomic mass is 16.5. The quantitative estimate of drug-likeness (QED) is 0.878. The number of fused-ring (bicyclic) bond motifs is 2. The molecule has 0 radical (unpaired) electrons. The number of aryl methyl sites for hydroxylation is 1. The fourth-order valence-corrected chi connectivity index (χ4v) is 4.33. The number of carbonyl (C=O) groups is 1. The summed E-state index contributed by atoms with van der Waals surface area (Å²) in [6, 6.07) is 8.63. The Morgan fingerprint density at radius 3 is 2.48 bits per heavy atom. The summed E-state index contributed by atoms with van der Waals surface area (Å²) >= 11 is 0. The van der Waals surface area contributed by atoms with E-state index in [4.69, 9.17) is 10.5 Å². The molecule has 0 aromatic heterocycles. The first-order valence-electron chi connectivity index (χ1n) is 8.83. The molecule has 2 bridgehead atoms. The fraction of sp³-hybridized carbons (Fsp3) is 0.632. The topological polar surface area (TPSA) is 64.3 Å². The van der Waals surface area contributed by atoms with Gasteiger partial charge in [-0.1, -0.05) is 18.6 Å². The van der Waals surface area contributed by atoms with E-state index in [2.05, 4.69) is 5.32 Å². The zero-order chi connectivity index (χ0) is 16.2. The number of hydrogen-bond acceptors (Lipinski definition) is 3. The van der Waals surface area contributed by atoms with Crippen molar-refractivity contribution in [2.75, 3.05) is 7.11 Å². The van der Waals surface area contributed by atoms with Gasteiger partial charge in [0, 0.05) is 18.5 Å². The summed E-state index contributed by atoms with van der Waals surface area (Å²) in [5.41, 5.74) is 7.33. The number of rotatable bonds is 5. The van der Waals surface area contributed by atoms with Crippen molar-refractivity contribution < 1.29 is 9.53 Å². The van der Waals surface area contributed by atoms with Crippen molar-refractivity contribution in [3.05, 3.63) is 29.8 Å². The number of amides is 1. The van der Waals surface area contributed by atoms with Crippen LogP contribution in [0.15, 0.2) is 24.3 Å². The molecule has 0 spiro atoms. The number of nitrogens with two attached hydrogens (primary N) is 1. The molecule has 0 heterocycles. The Balaban J connectivity index is 1.50. The van der Waals surface area contributed by atoms with Crippen LogP contribution in [-0.2, 0) is 11.2 Å². The van der Waals surface area contributed by atoms with E-state index < -0.39 is 0 Å². The maximum absolute atomic E-state index is 12.4. The Labute approximate surface area is 138 Å². The molecule has 2 fully saturated rings. The van der Waals surface area contributed by atoms with Crippen LogP contribution in [0.2, 0.25) is 0 Å². The van der Waals surface area contributed by atoms with E-state index in [0.29, 0.717) is 30.3 Å². The molecule has 2 aliphatic rings. The summed E-state index contributed by atoms with van der Waals surface area (Å²) in [5.74, 6) is 2.20. The molecule has 126 valence electrons. The molecule has 4 heteroatoms. The second kappa shape index (κ2) is 7.35. The third-order valence-electron chi connectivity index (χ3n) is 5.50. The first kappa shape index (κ1) is 16.3. The fourth-order valence-electron chi connectivity index (χ4n) is 4.33. The molecule has 1 amide bonds. The molecule has 4 nitrogen and oxygen atoms in total. The normalized spacial score (nSPS) is 29.8. The highest BCUT2D eigenvalue weighted by Crippen LogP contribution is 2.39. The van der Waals surface area contributed by atoms with E-state index in [-0.39, 0.29) is 5.91 Å². The second-order valence-electron chi connectivity index (χ2n) is 7.12. The van der Waals surface area contributed by atoms with E-state index in [0.717, 1.165) is 25.0 Å². The first-order chi connectivity index (χ1) is 11.2. The number of benzene rings is 1. The van der Waals surface area contributed by atoms with Crippen molar-refractivity contribution in [3.63, 3.8) is 0 Å². The summed E-state index contributed by atoms with van der Waals surface area (Å²) in [6.07, 6.45) is 7.19. The summed E-state index contributed by atoms with van der Waals surface area (Å²) in [6.45, 7) is 0. The average Bonchev–Trinajstić information content (AvgIpc) is 2.54. The minimum atomic E-state index is 0.179. The van der Waals surface area contributed by atoms with Crippen LogP contribution >= 0.6 is 0 Å². The monoisotopic (exact) mass is 316 g/mol. The molecule has 1 aromatic carbocycles. The highest BCUT2D eigenvalue weighted by Gasteiger charge is 2.39. The van der Waals surface area contributed by atoms with Crippen molar-refractivity contribution >= 4 is 5.91 Å². The van der Waals surface area contributed by atoms with Crippen LogP contribution in [0, 0.1) is 11.8 Å². The smallest absolute Gasteiger partial charge is 0.220 e. The summed E-state index contributed by atoms with van der Waals surface area (Å²) < 4.78 is 5.16. The molecule has 3 N–H and O–H groups in total. The van der Waals surface area contributed by atoms with Gasteiger partial charge in [0.25, 0.3) is 0 Å². The molecule has 0 saturated heterocycles. The van der Waals surface area contributed by atoms with Crippen LogP contribution < -0.4 is 15.8 Å². The van der Waals surface area contributed by atoms with Crippen molar-refractivity contribution in [2.45, 2.75) is 57.0 Å². The third kappa shape index (κ3) is 4.05. The molecule has 3 rings (SSSR count). The first-order valence-corrected chi connectivity index (χ1v) is 8.83. The number of ether oxygens (including phenoxy) is 1. The summed E-state index contributed by atoms with van der Waals surface area (Å²) in [5, 5.41) is 3.32. The molecular weight excluding hydrogens is 288 g/mol. The predicted octanol–water partition coefficient (Wildman–Crippen LogP) is 2.65. The molecule has 2 unspecified atom stereocenters. The van der Waals surface area contributed by atoms with Gasteiger partial charge in [-0.15, -0.1) is 0 Å². The Morgan fingerprint density at radius 2 is 1.87 bits per heavy atom. The number of hydrogen-bond donors (Lipinski definition) is 2. The number of methoxy groups -OCH3 is 1. The van der Waals surface area contributed by atoms with Gasteiger partial charge >= 0.3 is 0 Å². The maximum Gasteiger partial charge on any atom is 0.220 e. The molecule has 2 aliphatic carbocycles. The minimum absolute atomic E-state index is 0.179. The zero-order valence-corrected chi connectivity index (χ0v) is 14.0. The van der Waals surface area contributed by atoms with E-state index in [9.17, 15) is 4.79 Å². The molecule has 1 aromatic rings. The minimum Gasteiger partial charge on any atom is -0.497 e. The molecule has 23 heavy (non-hydrogen) atoms. The van der Waals surface area contributed by atoms with Crippen molar-refractivity contribution in [1.29, 1.82) is 0 Å². The van der Waals surface area contributed by atoms with Gasteiger partial charge in [-0.3, -0.25) is 4.79 Å². The van der Waals surface area contributed by atoms with E-state index in [1.165, 1.54) is 24.8 Å². The van der Waals surface area contributed by atoms with Crippen LogP contribution in [0.3, 0.4) is 0 Å². The lowest BCUT2D eigenvalue weighted by Gasteiger charge is -2.45. The van der Waals surface area contributed by atoms with Crippen LogP contribution in [0.4, 0.5) is 0 Å². The van der Waals surface area contributed by atoms with Gasteiger partial charge in [-0.25, -0.2) is 0 Å². The maximum atomic E-state index is 12.4. The van der Waals surface area contributed by atoms with Crippen LogP contribution in [0.1, 0.15) is 44.1 Å². The lowest BCUT2D eigenvalue weighted by molar-refractivity contribution is -0.123. The Hall–Kier alpha value is -1.55. The highest BCUT2D eigenvalue weighted by molar-refractivity contribution is 5.76. The Kier molecular flexibility index (Phi) is 5.21. The van der Waals surface area contributed by atoms with Crippen LogP contribution in [0.25, 0.3) is 0 Å². The summed E-state index contributed by atoms with van der Waals surface area (Å²) in [7, 11) is 1.66. The lowest BCUT2D eigenvalue weighted by Crippen LogP contribution is -2.53. The third-order valence-corrected chi connectivity index (χ3v) is 5.50. The Bertz CT molecular complexity index is 515. The molecular formula is C19H28N2O2. The van der Waals surface area contributed by atoms with Gasteiger partial charge < -0.3 is 15.8 Å². The number of nitrogens with one attached hydrogen (secondary N) is 1. The predicted molar refractivity (Wildman–Crippen MR) is 91.3 cm³/mol. The number of carbonyl (C=O) groups excluding carboxylic acids is 1. The van der Waals surface area contributed by atoms with E-state index >= 15 is 0 Å². The largest absolute Gasteiger partial charge is 0.497 e. The molecule has 0 aliphatic heterocycles. The summed E-state index contributed by atoms with van der Waals surface area (Å²) in [4.78, 5) is 12.4. The van der Waals surface area contributed by atoms with Crippen molar-refractivity contribution in [1.82, 2.24) is 5.32 Å². The molecule has 2 atom stereocenters. The van der Waals surface area contributed by atoms with E-state index in [1.807, 2.05) is 24.3 Å².